The van der Waals surface area contributed by atoms with E-state index in [1.807, 2.05) is 35.2 Å². The van der Waals surface area contributed by atoms with Gasteiger partial charge in [-0.2, -0.15) is 0 Å². The molecule has 0 spiro atoms. The molecule has 3 nitrogen and oxygen atoms in total. The first-order valence-corrected chi connectivity index (χ1v) is 9.18. The third kappa shape index (κ3) is 4.29. The molecule has 0 bridgehead atoms. The summed E-state index contributed by atoms with van der Waals surface area (Å²) < 4.78 is 0. The van der Waals surface area contributed by atoms with E-state index in [1.165, 1.54) is 16.7 Å². The maximum absolute atomic E-state index is 12.2. The minimum absolute atomic E-state index is 0.138. The zero-order valence-electron chi connectivity index (χ0n) is 15.5. The topological polar surface area (TPSA) is 23.6 Å². The fourth-order valence-corrected chi connectivity index (χ4v) is 3.73. The molecule has 2 aromatic rings. The van der Waals surface area contributed by atoms with E-state index in [0.717, 1.165) is 38.2 Å². The maximum atomic E-state index is 12.2. The molecule has 1 heterocycles. The molecule has 1 aliphatic heterocycles. The summed E-state index contributed by atoms with van der Waals surface area (Å²) in [5, 5.41) is 0. The molecule has 0 aliphatic carbocycles. The number of aryl methyl sites for hydroxylation is 2. The molecular weight excluding hydrogens is 308 g/mol. The molecule has 2 aromatic carbocycles. The van der Waals surface area contributed by atoms with Crippen LogP contribution in [-0.2, 0) is 11.3 Å². The van der Waals surface area contributed by atoms with Crippen LogP contribution in [0.25, 0.3) is 0 Å². The predicted octanol–water partition coefficient (Wildman–Crippen LogP) is 4.32. The van der Waals surface area contributed by atoms with E-state index in [4.69, 9.17) is 0 Å². The number of hydrogen-bond donors (Lipinski definition) is 0. The van der Waals surface area contributed by atoms with E-state index < -0.39 is 0 Å². The van der Waals surface area contributed by atoms with Crippen molar-refractivity contribution in [2.45, 2.75) is 46.2 Å². The number of nitrogens with zero attached hydrogens (tertiary/aromatic N) is 2. The quantitative estimate of drug-likeness (QED) is 0.830. The van der Waals surface area contributed by atoms with Gasteiger partial charge in [-0.3, -0.25) is 9.69 Å². The van der Waals surface area contributed by atoms with E-state index in [2.05, 4.69) is 36.9 Å². The average molecular weight is 336 g/mol. The summed E-state index contributed by atoms with van der Waals surface area (Å²) in [6.45, 7) is 9.08. The fourth-order valence-electron chi connectivity index (χ4n) is 3.73. The first-order chi connectivity index (χ1) is 12.0. The smallest absolute Gasteiger partial charge is 0.224 e. The zero-order chi connectivity index (χ0) is 17.8. The summed E-state index contributed by atoms with van der Waals surface area (Å²) in [5.74, 6) is 0.138. The van der Waals surface area contributed by atoms with E-state index in [-0.39, 0.29) is 5.91 Å². The van der Waals surface area contributed by atoms with Crippen molar-refractivity contribution >= 4 is 11.6 Å². The van der Waals surface area contributed by atoms with E-state index in [1.54, 1.807) is 6.92 Å². The molecule has 0 aromatic heterocycles. The molecule has 0 atom stereocenters. The highest BCUT2D eigenvalue weighted by atomic mass is 16.2. The third-order valence-electron chi connectivity index (χ3n) is 5.27. The lowest BCUT2D eigenvalue weighted by atomic mass is 10.0. The van der Waals surface area contributed by atoms with Crippen LogP contribution < -0.4 is 4.90 Å². The molecule has 1 saturated heterocycles. The van der Waals surface area contributed by atoms with Crippen molar-refractivity contribution in [2.24, 2.45) is 0 Å². The largest absolute Gasteiger partial charge is 0.310 e. The number of hydrogen-bond acceptors (Lipinski definition) is 2. The Labute approximate surface area is 151 Å². The van der Waals surface area contributed by atoms with Gasteiger partial charge < -0.3 is 4.90 Å². The lowest BCUT2D eigenvalue weighted by molar-refractivity contribution is -0.117. The number of carbonyl (C=O) groups excluding carboxylic acids is 1. The average Bonchev–Trinajstić information content (AvgIpc) is 2.60. The Bertz CT molecular complexity index is 718. The zero-order valence-corrected chi connectivity index (χ0v) is 15.5. The highest BCUT2D eigenvalue weighted by molar-refractivity contribution is 5.92. The fraction of sp³-hybridized carbons (Fsp3) is 0.409. The van der Waals surface area contributed by atoms with Crippen molar-refractivity contribution in [3.05, 3.63) is 65.2 Å². The van der Waals surface area contributed by atoms with Gasteiger partial charge in [0.25, 0.3) is 0 Å². The predicted molar refractivity (Wildman–Crippen MR) is 104 cm³/mol. The van der Waals surface area contributed by atoms with Gasteiger partial charge in [0, 0.05) is 38.3 Å². The molecule has 3 heteroatoms. The van der Waals surface area contributed by atoms with E-state index >= 15 is 0 Å². The molecular formula is C22H28N2O. The lowest BCUT2D eigenvalue weighted by Crippen LogP contribution is -2.46. The van der Waals surface area contributed by atoms with Gasteiger partial charge in [0.05, 0.1) is 0 Å². The van der Waals surface area contributed by atoms with Crippen LogP contribution in [-0.4, -0.2) is 29.9 Å². The van der Waals surface area contributed by atoms with Gasteiger partial charge in [0.1, 0.15) is 0 Å². The van der Waals surface area contributed by atoms with Crippen molar-refractivity contribution < 1.29 is 4.79 Å². The Kier molecular flexibility index (Phi) is 5.54. The summed E-state index contributed by atoms with van der Waals surface area (Å²) in [6.07, 6.45) is 2.05. The van der Waals surface area contributed by atoms with Gasteiger partial charge in [0.15, 0.2) is 0 Å². The minimum Gasteiger partial charge on any atom is -0.310 e. The number of carbonyl (C=O) groups is 1. The first kappa shape index (κ1) is 17.7. The summed E-state index contributed by atoms with van der Waals surface area (Å²) in [6, 6.07) is 17.1. The number of amides is 1. The van der Waals surface area contributed by atoms with E-state index in [0.29, 0.717) is 6.04 Å². The normalized spacial score (nSPS) is 16.0. The van der Waals surface area contributed by atoms with Crippen LogP contribution in [0.1, 0.15) is 36.5 Å². The van der Waals surface area contributed by atoms with Crippen molar-refractivity contribution in [1.82, 2.24) is 4.90 Å². The Morgan fingerprint density at radius 1 is 1.04 bits per heavy atom. The van der Waals surface area contributed by atoms with E-state index in [9.17, 15) is 4.79 Å². The summed E-state index contributed by atoms with van der Waals surface area (Å²) >= 11 is 0. The molecule has 0 saturated carbocycles. The number of likely N-dealkylation sites (tertiary alicyclic amines) is 1. The van der Waals surface area contributed by atoms with Crippen LogP contribution in [0.2, 0.25) is 0 Å². The summed E-state index contributed by atoms with van der Waals surface area (Å²) in [4.78, 5) is 16.7. The molecule has 3 rings (SSSR count). The Hall–Kier alpha value is -2.13. The number of para-hydroxylation sites is 1. The van der Waals surface area contributed by atoms with Crippen LogP contribution in [0.4, 0.5) is 5.69 Å². The number of piperidine rings is 1. The van der Waals surface area contributed by atoms with Crippen molar-refractivity contribution in [2.75, 3.05) is 18.0 Å². The van der Waals surface area contributed by atoms with Crippen LogP contribution in [0, 0.1) is 13.8 Å². The molecule has 1 amide bonds. The molecule has 0 unspecified atom stereocenters. The molecule has 0 radical (unpaired) electrons. The maximum Gasteiger partial charge on any atom is 0.224 e. The second-order valence-electron chi connectivity index (χ2n) is 7.15. The van der Waals surface area contributed by atoms with Gasteiger partial charge in [-0.05, 0) is 55.5 Å². The summed E-state index contributed by atoms with van der Waals surface area (Å²) in [5.41, 5.74) is 5.11. The van der Waals surface area contributed by atoms with Crippen molar-refractivity contribution in [1.29, 1.82) is 0 Å². The molecule has 1 fully saturated rings. The standard InChI is InChI=1S/C22H28N2O/c1-17-9-10-20(15-18(17)2)16-23-13-11-22(12-14-23)24(19(3)25)21-7-5-4-6-8-21/h4-10,15,22H,11-14,16H2,1-3H3. The SMILES string of the molecule is CC(=O)N(c1ccccc1)C1CCN(Cc2ccc(C)c(C)c2)CC1. The summed E-state index contributed by atoms with van der Waals surface area (Å²) in [7, 11) is 0. The third-order valence-corrected chi connectivity index (χ3v) is 5.27. The number of rotatable bonds is 4. The van der Waals surface area contributed by atoms with Crippen LogP contribution >= 0.6 is 0 Å². The number of anilines is 1. The van der Waals surface area contributed by atoms with Crippen LogP contribution in [0.15, 0.2) is 48.5 Å². The van der Waals surface area contributed by atoms with Gasteiger partial charge in [-0.1, -0.05) is 36.4 Å². The molecule has 132 valence electrons. The van der Waals surface area contributed by atoms with Gasteiger partial charge in [-0.25, -0.2) is 0 Å². The molecule has 25 heavy (non-hydrogen) atoms. The highest BCUT2D eigenvalue weighted by Crippen LogP contribution is 2.24. The minimum atomic E-state index is 0.138. The second kappa shape index (κ2) is 7.83. The Morgan fingerprint density at radius 2 is 1.72 bits per heavy atom. The van der Waals surface area contributed by atoms with Crippen molar-refractivity contribution in [3.8, 4) is 0 Å². The first-order valence-electron chi connectivity index (χ1n) is 9.18. The lowest BCUT2D eigenvalue weighted by Gasteiger charge is -2.38. The Morgan fingerprint density at radius 3 is 2.32 bits per heavy atom. The van der Waals surface area contributed by atoms with Crippen molar-refractivity contribution in [3.63, 3.8) is 0 Å². The monoisotopic (exact) mass is 336 g/mol. The van der Waals surface area contributed by atoms with Gasteiger partial charge in [0.2, 0.25) is 5.91 Å². The highest BCUT2D eigenvalue weighted by Gasteiger charge is 2.27. The van der Waals surface area contributed by atoms with Crippen LogP contribution in [0.5, 0.6) is 0 Å². The second-order valence-corrected chi connectivity index (χ2v) is 7.15. The Balaban J connectivity index is 1.62. The molecule has 1 aliphatic rings. The van der Waals surface area contributed by atoms with Gasteiger partial charge in [-0.15, -0.1) is 0 Å². The molecule has 0 N–H and O–H groups in total. The number of benzene rings is 2. The van der Waals surface area contributed by atoms with Gasteiger partial charge >= 0.3 is 0 Å². The van der Waals surface area contributed by atoms with Crippen LogP contribution in [0.3, 0.4) is 0 Å².